The van der Waals surface area contributed by atoms with Crippen LogP contribution in [-0.4, -0.2) is 34.0 Å². The molecule has 0 radical (unpaired) electrons. The number of nitrogens with two attached hydrogens (primary N) is 1. The van der Waals surface area contributed by atoms with E-state index in [0.29, 0.717) is 0 Å². The number of rotatable bonds is 8. The third-order valence-electron chi connectivity index (χ3n) is 2.94. The molecule has 0 aliphatic carbocycles. The molecule has 0 saturated carbocycles. The van der Waals surface area contributed by atoms with Gasteiger partial charge in [0.2, 0.25) is 0 Å². The van der Waals surface area contributed by atoms with E-state index in [1.807, 2.05) is 11.6 Å². The molecule has 1 aromatic heterocycles. The van der Waals surface area contributed by atoms with Crippen LogP contribution in [0.3, 0.4) is 0 Å². The number of hydrogen-bond acceptors (Lipinski definition) is 5. The highest BCUT2D eigenvalue weighted by Crippen LogP contribution is 2.10. The highest BCUT2D eigenvalue weighted by molar-refractivity contribution is 4.92. The Bertz CT molecular complexity index is 315. The number of aromatic nitrogens is 3. The highest BCUT2D eigenvalue weighted by Gasteiger charge is 2.21. The number of nitrogens with one attached hydrogen (secondary N) is 1. The van der Waals surface area contributed by atoms with Gasteiger partial charge in [0, 0.05) is 20.1 Å². The smallest absolute Gasteiger partial charge is 0.138 e. The van der Waals surface area contributed by atoms with E-state index in [-0.39, 0.29) is 12.1 Å². The molecular formula is C11H23N5O. The fourth-order valence-corrected chi connectivity index (χ4v) is 1.97. The topological polar surface area (TPSA) is 78.0 Å². The van der Waals surface area contributed by atoms with Crippen molar-refractivity contribution >= 4 is 0 Å². The third kappa shape index (κ3) is 3.76. The van der Waals surface area contributed by atoms with Gasteiger partial charge in [-0.25, -0.2) is 4.98 Å². The molecule has 0 amide bonds. The van der Waals surface area contributed by atoms with Crippen molar-refractivity contribution in [3.05, 3.63) is 12.2 Å². The summed E-state index contributed by atoms with van der Waals surface area (Å²) < 4.78 is 7.34. The van der Waals surface area contributed by atoms with Crippen molar-refractivity contribution in [3.63, 3.8) is 0 Å². The minimum absolute atomic E-state index is 0.0643. The lowest BCUT2D eigenvalue weighted by atomic mass is 10.0. The Hall–Kier alpha value is -0.980. The Morgan fingerprint density at radius 3 is 2.82 bits per heavy atom. The van der Waals surface area contributed by atoms with Crippen molar-refractivity contribution in [1.29, 1.82) is 0 Å². The predicted molar refractivity (Wildman–Crippen MR) is 66.2 cm³/mol. The van der Waals surface area contributed by atoms with Gasteiger partial charge in [0.15, 0.2) is 0 Å². The Morgan fingerprint density at radius 2 is 2.29 bits per heavy atom. The van der Waals surface area contributed by atoms with E-state index >= 15 is 0 Å². The van der Waals surface area contributed by atoms with E-state index in [1.54, 1.807) is 13.4 Å². The SMILES string of the molecule is CCCC(OC)C(Cc1ncnn1CC)NN. The summed E-state index contributed by atoms with van der Waals surface area (Å²) in [6.45, 7) is 5.00. The molecule has 0 aromatic carbocycles. The maximum Gasteiger partial charge on any atom is 0.138 e. The quantitative estimate of drug-likeness (QED) is 0.511. The van der Waals surface area contributed by atoms with E-state index in [0.717, 1.165) is 31.6 Å². The van der Waals surface area contributed by atoms with Crippen LogP contribution in [0.4, 0.5) is 0 Å². The minimum atomic E-state index is 0.0643. The first-order chi connectivity index (χ1) is 8.26. The Balaban J connectivity index is 2.68. The lowest BCUT2D eigenvalue weighted by Crippen LogP contribution is -2.46. The molecule has 0 fully saturated rings. The molecule has 17 heavy (non-hydrogen) atoms. The van der Waals surface area contributed by atoms with Crippen LogP contribution in [0.5, 0.6) is 0 Å². The Labute approximate surface area is 103 Å². The van der Waals surface area contributed by atoms with E-state index in [1.165, 1.54) is 0 Å². The van der Waals surface area contributed by atoms with Gasteiger partial charge in [-0.1, -0.05) is 13.3 Å². The van der Waals surface area contributed by atoms with Gasteiger partial charge in [-0.05, 0) is 13.3 Å². The molecule has 1 aromatic rings. The molecule has 0 aliphatic heterocycles. The predicted octanol–water partition coefficient (Wildman–Crippen LogP) is 0.488. The number of aryl methyl sites for hydroxylation is 1. The van der Waals surface area contributed by atoms with Gasteiger partial charge < -0.3 is 4.74 Å². The summed E-state index contributed by atoms with van der Waals surface area (Å²) in [4.78, 5) is 4.25. The molecule has 2 atom stereocenters. The summed E-state index contributed by atoms with van der Waals surface area (Å²) in [7, 11) is 1.72. The molecule has 0 aliphatic rings. The lowest BCUT2D eigenvalue weighted by molar-refractivity contribution is 0.0600. The average molecular weight is 241 g/mol. The first kappa shape index (κ1) is 14.1. The molecule has 98 valence electrons. The summed E-state index contributed by atoms with van der Waals surface area (Å²) in [6, 6.07) is 0.0643. The molecule has 6 heteroatoms. The van der Waals surface area contributed by atoms with Gasteiger partial charge >= 0.3 is 0 Å². The zero-order valence-corrected chi connectivity index (χ0v) is 10.9. The highest BCUT2D eigenvalue weighted by atomic mass is 16.5. The van der Waals surface area contributed by atoms with E-state index < -0.39 is 0 Å². The third-order valence-corrected chi connectivity index (χ3v) is 2.94. The van der Waals surface area contributed by atoms with Crippen LogP contribution in [0, 0.1) is 0 Å². The van der Waals surface area contributed by atoms with Gasteiger partial charge in [0.05, 0.1) is 12.1 Å². The average Bonchev–Trinajstić information content (AvgIpc) is 2.80. The van der Waals surface area contributed by atoms with Crippen LogP contribution in [0.25, 0.3) is 0 Å². The van der Waals surface area contributed by atoms with Crippen molar-refractivity contribution < 1.29 is 4.74 Å². The molecule has 1 rings (SSSR count). The van der Waals surface area contributed by atoms with Crippen molar-refractivity contribution in [2.75, 3.05) is 7.11 Å². The largest absolute Gasteiger partial charge is 0.380 e. The van der Waals surface area contributed by atoms with E-state index in [4.69, 9.17) is 10.6 Å². The fourth-order valence-electron chi connectivity index (χ4n) is 1.97. The number of nitrogens with zero attached hydrogens (tertiary/aromatic N) is 3. The van der Waals surface area contributed by atoms with Crippen LogP contribution < -0.4 is 11.3 Å². The van der Waals surface area contributed by atoms with Crippen LogP contribution in [-0.2, 0) is 17.7 Å². The monoisotopic (exact) mass is 241 g/mol. The molecule has 6 nitrogen and oxygen atoms in total. The number of hydrogen-bond donors (Lipinski definition) is 2. The Morgan fingerprint density at radius 1 is 1.53 bits per heavy atom. The maximum atomic E-state index is 5.60. The van der Waals surface area contributed by atoms with Crippen LogP contribution in [0.2, 0.25) is 0 Å². The Kier molecular flexibility index (Phi) is 6.10. The second-order valence-electron chi connectivity index (χ2n) is 4.03. The van der Waals surface area contributed by atoms with Crippen molar-refractivity contribution in [2.24, 2.45) is 5.84 Å². The molecule has 0 spiro atoms. The van der Waals surface area contributed by atoms with Crippen LogP contribution in [0.1, 0.15) is 32.5 Å². The molecular weight excluding hydrogens is 218 g/mol. The normalized spacial score (nSPS) is 14.8. The summed E-state index contributed by atoms with van der Waals surface area (Å²) in [6.07, 6.45) is 4.45. The van der Waals surface area contributed by atoms with Crippen LogP contribution in [0.15, 0.2) is 6.33 Å². The molecule has 0 bridgehead atoms. The second kappa shape index (κ2) is 7.37. The van der Waals surface area contributed by atoms with Gasteiger partial charge in [0.1, 0.15) is 12.2 Å². The van der Waals surface area contributed by atoms with Gasteiger partial charge in [-0.3, -0.25) is 16.0 Å². The summed E-state index contributed by atoms with van der Waals surface area (Å²) in [5, 5.41) is 4.15. The number of ether oxygens (including phenoxy) is 1. The second-order valence-corrected chi connectivity index (χ2v) is 4.03. The maximum absolute atomic E-state index is 5.60. The van der Waals surface area contributed by atoms with Crippen LogP contribution >= 0.6 is 0 Å². The number of hydrazine groups is 1. The van der Waals surface area contributed by atoms with E-state index in [2.05, 4.69) is 22.4 Å². The van der Waals surface area contributed by atoms with Crippen molar-refractivity contribution in [3.8, 4) is 0 Å². The zero-order chi connectivity index (χ0) is 12.7. The van der Waals surface area contributed by atoms with Crippen molar-refractivity contribution in [2.45, 2.75) is 51.8 Å². The summed E-state index contributed by atoms with van der Waals surface area (Å²) in [5.74, 6) is 6.54. The van der Waals surface area contributed by atoms with Gasteiger partial charge in [-0.15, -0.1) is 0 Å². The molecule has 2 unspecified atom stereocenters. The van der Waals surface area contributed by atoms with Gasteiger partial charge in [0.25, 0.3) is 0 Å². The van der Waals surface area contributed by atoms with Gasteiger partial charge in [-0.2, -0.15) is 5.10 Å². The van der Waals surface area contributed by atoms with Crippen molar-refractivity contribution in [1.82, 2.24) is 20.2 Å². The molecule has 0 saturated heterocycles. The molecule has 1 heterocycles. The number of methoxy groups -OCH3 is 1. The minimum Gasteiger partial charge on any atom is -0.380 e. The van der Waals surface area contributed by atoms with E-state index in [9.17, 15) is 0 Å². The molecule has 3 N–H and O–H groups in total. The summed E-state index contributed by atoms with van der Waals surface area (Å²) >= 11 is 0. The summed E-state index contributed by atoms with van der Waals surface area (Å²) in [5.41, 5.74) is 2.82. The lowest BCUT2D eigenvalue weighted by Gasteiger charge is -2.24. The standard InChI is InChI=1S/C11H23N5O/c1-4-6-10(17-3)9(15-12)7-11-13-8-14-16(11)5-2/h8-10,15H,4-7,12H2,1-3H3. The zero-order valence-electron chi connectivity index (χ0n) is 10.9. The first-order valence-corrected chi connectivity index (χ1v) is 6.12. The first-order valence-electron chi connectivity index (χ1n) is 6.12. The fraction of sp³-hybridized carbons (Fsp3) is 0.818.